The first-order chi connectivity index (χ1) is 5.45. The van der Waals surface area contributed by atoms with E-state index in [1.165, 1.54) is 25.9 Å². The molecule has 1 unspecified atom stereocenters. The van der Waals surface area contributed by atoms with Crippen molar-refractivity contribution in [1.82, 2.24) is 10.2 Å². The largest absolute Gasteiger partial charge is 0.351 e. The molecule has 64 valence electrons. The molecule has 0 aromatic carbocycles. The van der Waals surface area contributed by atoms with Crippen molar-refractivity contribution in [2.75, 3.05) is 33.1 Å². The molecule has 3 nitrogen and oxygen atoms in total. The average Bonchev–Trinajstić information content (AvgIpc) is 2.02. The predicted octanol–water partition coefficient (Wildman–Crippen LogP) is 0.233. The lowest BCUT2D eigenvalue weighted by Gasteiger charge is -2.34. The molecule has 2 aliphatic heterocycles. The molecule has 0 aliphatic carbocycles. The van der Waals surface area contributed by atoms with Crippen LogP contribution in [0, 0.1) is 5.92 Å². The van der Waals surface area contributed by atoms with Gasteiger partial charge in [0.1, 0.15) is 6.73 Å². The second kappa shape index (κ2) is 3.52. The Morgan fingerprint density at radius 2 is 2.45 bits per heavy atom. The van der Waals surface area contributed by atoms with Gasteiger partial charge in [0, 0.05) is 19.6 Å². The van der Waals surface area contributed by atoms with Crippen LogP contribution in [0.4, 0.5) is 0 Å². The second-order valence-electron chi connectivity index (χ2n) is 3.52. The Hall–Kier alpha value is -0.120. The third-order valence-corrected chi connectivity index (χ3v) is 2.51. The van der Waals surface area contributed by atoms with E-state index >= 15 is 0 Å². The normalized spacial score (nSPS) is 39.3. The molecule has 2 fully saturated rings. The number of nitrogens with zero attached hydrogens (tertiary/aromatic N) is 1. The smallest absolute Gasteiger partial charge is 0.101 e. The van der Waals surface area contributed by atoms with Crippen LogP contribution in [0.2, 0.25) is 0 Å². The fourth-order valence-electron chi connectivity index (χ4n) is 1.95. The summed E-state index contributed by atoms with van der Waals surface area (Å²) in [5.41, 5.74) is 0. The molecular formula is C8H16N2O. The van der Waals surface area contributed by atoms with E-state index in [0.717, 1.165) is 25.9 Å². The minimum absolute atomic E-state index is 0.729. The van der Waals surface area contributed by atoms with Crippen molar-refractivity contribution in [3.63, 3.8) is 0 Å². The van der Waals surface area contributed by atoms with E-state index in [2.05, 4.69) is 10.2 Å². The van der Waals surface area contributed by atoms with Gasteiger partial charge in [0.25, 0.3) is 0 Å². The Bertz CT molecular complexity index is 117. The molecule has 0 spiro atoms. The zero-order valence-electron chi connectivity index (χ0n) is 6.88. The van der Waals surface area contributed by atoms with E-state index in [4.69, 9.17) is 4.74 Å². The predicted molar refractivity (Wildman–Crippen MR) is 43.1 cm³/mol. The van der Waals surface area contributed by atoms with Gasteiger partial charge >= 0.3 is 0 Å². The third kappa shape index (κ3) is 1.92. The van der Waals surface area contributed by atoms with Crippen LogP contribution in [0.5, 0.6) is 0 Å². The van der Waals surface area contributed by atoms with Gasteiger partial charge in [-0.1, -0.05) is 0 Å². The summed E-state index contributed by atoms with van der Waals surface area (Å²) in [7, 11) is 0. The lowest BCUT2D eigenvalue weighted by molar-refractivity contribution is -0.0197. The number of ether oxygens (including phenoxy) is 1. The Morgan fingerprint density at radius 1 is 1.45 bits per heavy atom. The third-order valence-electron chi connectivity index (χ3n) is 2.51. The Balaban J connectivity index is 1.90. The van der Waals surface area contributed by atoms with Crippen molar-refractivity contribution in [3.8, 4) is 0 Å². The summed E-state index contributed by atoms with van der Waals surface area (Å²) in [5.74, 6) is 0.868. The molecule has 2 atom stereocenters. The highest BCUT2D eigenvalue weighted by molar-refractivity contribution is 4.73. The van der Waals surface area contributed by atoms with Crippen molar-refractivity contribution in [1.29, 1.82) is 0 Å². The van der Waals surface area contributed by atoms with E-state index in [9.17, 15) is 0 Å². The summed E-state index contributed by atoms with van der Waals surface area (Å²) in [4.78, 5) is 2.41. The Labute approximate surface area is 67.7 Å². The van der Waals surface area contributed by atoms with Gasteiger partial charge in [-0.05, 0) is 18.8 Å². The molecule has 3 heteroatoms. The Kier molecular flexibility index (Phi) is 2.41. The molecule has 2 rings (SSSR count). The maximum Gasteiger partial charge on any atom is 0.101 e. The highest BCUT2D eigenvalue weighted by Crippen LogP contribution is 2.16. The molecule has 2 heterocycles. The minimum atomic E-state index is 0.729. The molecule has 2 saturated heterocycles. The molecule has 0 saturated carbocycles. The van der Waals surface area contributed by atoms with Crippen LogP contribution in [0.25, 0.3) is 0 Å². The van der Waals surface area contributed by atoms with Gasteiger partial charge in [-0.2, -0.15) is 0 Å². The molecule has 0 aromatic heterocycles. The first kappa shape index (κ1) is 7.53. The van der Waals surface area contributed by atoms with Gasteiger partial charge in [-0.3, -0.25) is 10.2 Å². The van der Waals surface area contributed by atoms with Crippen LogP contribution in [0.3, 0.4) is 0 Å². The van der Waals surface area contributed by atoms with Gasteiger partial charge in [0.2, 0.25) is 0 Å². The van der Waals surface area contributed by atoms with Gasteiger partial charge in [-0.25, -0.2) is 0 Å². The number of rotatable bonds is 0. The standard InChI is InChI=1S/C8H16N2O/c1-2-8-4-9-6-11-7-10(3-1)5-8/h8-9H,1-7H2/t8-/m0/s1. The van der Waals surface area contributed by atoms with Crippen LogP contribution < -0.4 is 5.32 Å². The van der Waals surface area contributed by atoms with Gasteiger partial charge < -0.3 is 4.74 Å². The van der Waals surface area contributed by atoms with E-state index in [1.807, 2.05) is 0 Å². The second-order valence-corrected chi connectivity index (χ2v) is 3.52. The first-order valence-corrected chi connectivity index (χ1v) is 4.46. The van der Waals surface area contributed by atoms with E-state index in [0.29, 0.717) is 0 Å². The molecule has 2 aliphatic rings. The maximum absolute atomic E-state index is 5.38. The highest BCUT2D eigenvalue weighted by atomic mass is 16.5. The number of nitrogens with one attached hydrogen (secondary N) is 1. The monoisotopic (exact) mass is 156 g/mol. The topological polar surface area (TPSA) is 24.5 Å². The summed E-state index contributed by atoms with van der Waals surface area (Å²) in [5, 5.41) is 3.29. The maximum atomic E-state index is 5.38. The molecule has 1 N–H and O–H groups in total. The molecule has 0 aromatic rings. The average molecular weight is 156 g/mol. The SMILES string of the molecule is C1C[C@H]2CNCOCN(C1)C2. The summed E-state index contributed by atoms with van der Waals surface area (Å²) in [6, 6.07) is 0. The van der Waals surface area contributed by atoms with Crippen LogP contribution in [-0.2, 0) is 4.74 Å². The fraction of sp³-hybridized carbons (Fsp3) is 1.00. The van der Waals surface area contributed by atoms with Gasteiger partial charge in [0.15, 0.2) is 0 Å². The number of fused-ring (bicyclic) bond motifs is 2. The van der Waals surface area contributed by atoms with Crippen LogP contribution in [0.1, 0.15) is 12.8 Å². The van der Waals surface area contributed by atoms with E-state index in [1.54, 1.807) is 0 Å². The van der Waals surface area contributed by atoms with Gasteiger partial charge in [-0.15, -0.1) is 0 Å². The number of hydrogen-bond acceptors (Lipinski definition) is 3. The molecule has 2 bridgehead atoms. The van der Waals surface area contributed by atoms with Crippen molar-refractivity contribution >= 4 is 0 Å². The summed E-state index contributed by atoms with van der Waals surface area (Å²) in [6.07, 6.45) is 2.74. The van der Waals surface area contributed by atoms with Crippen LogP contribution in [0.15, 0.2) is 0 Å². The van der Waals surface area contributed by atoms with Crippen molar-refractivity contribution in [2.24, 2.45) is 5.92 Å². The quantitative estimate of drug-likeness (QED) is 0.543. The summed E-state index contributed by atoms with van der Waals surface area (Å²) in [6.45, 7) is 5.15. The highest BCUT2D eigenvalue weighted by Gasteiger charge is 2.20. The number of piperidine rings is 1. The summed E-state index contributed by atoms with van der Waals surface area (Å²) < 4.78 is 5.38. The molecule has 0 amide bonds. The molecular weight excluding hydrogens is 140 g/mol. The van der Waals surface area contributed by atoms with Gasteiger partial charge in [0.05, 0.1) is 6.73 Å². The fourth-order valence-corrected chi connectivity index (χ4v) is 1.95. The van der Waals surface area contributed by atoms with Crippen molar-refractivity contribution in [2.45, 2.75) is 12.8 Å². The van der Waals surface area contributed by atoms with Crippen molar-refractivity contribution in [3.05, 3.63) is 0 Å². The zero-order valence-corrected chi connectivity index (χ0v) is 6.88. The zero-order chi connectivity index (χ0) is 7.52. The van der Waals surface area contributed by atoms with E-state index in [-0.39, 0.29) is 0 Å². The van der Waals surface area contributed by atoms with E-state index < -0.39 is 0 Å². The minimum Gasteiger partial charge on any atom is -0.351 e. The number of hydrogen-bond donors (Lipinski definition) is 1. The lowest BCUT2D eigenvalue weighted by atomic mass is 9.98. The first-order valence-electron chi connectivity index (χ1n) is 4.46. The van der Waals surface area contributed by atoms with Crippen LogP contribution in [-0.4, -0.2) is 38.0 Å². The summed E-state index contributed by atoms with van der Waals surface area (Å²) >= 11 is 0. The van der Waals surface area contributed by atoms with Crippen molar-refractivity contribution < 1.29 is 4.74 Å². The molecule has 11 heavy (non-hydrogen) atoms. The van der Waals surface area contributed by atoms with Crippen LogP contribution >= 0.6 is 0 Å². The lowest BCUT2D eigenvalue weighted by Crippen LogP contribution is -2.44. The Morgan fingerprint density at radius 3 is 3.45 bits per heavy atom. The molecule has 0 radical (unpaired) electrons.